The standard InChI is InChI=1S/C13H12N6O2/c1-2-21-12-6-11(14-7-15-12)13(20)16-8-3-4-9-10(5-8)18-19-17-9/h3-7H,2H2,1H3,(H,16,20)(H,17,18,19). The number of H-pyrrole nitrogens is 1. The number of rotatable bonds is 4. The molecule has 0 unspecified atom stereocenters. The van der Waals surface area contributed by atoms with E-state index in [1.54, 1.807) is 18.2 Å². The number of anilines is 1. The van der Waals surface area contributed by atoms with Gasteiger partial charge in [-0.15, -0.1) is 0 Å². The Labute approximate surface area is 119 Å². The molecule has 0 spiro atoms. The number of fused-ring (bicyclic) bond motifs is 1. The fourth-order valence-electron chi connectivity index (χ4n) is 1.80. The lowest BCUT2D eigenvalue weighted by Gasteiger charge is -2.06. The molecule has 0 atom stereocenters. The highest BCUT2D eigenvalue weighted by molar-refractivity contribution is 6.03. The number of benzene rings is 1. The zero-order valence-electron chi connectivity index (χ0n) is 11.2. The molecule has 106 valence electrons. The summed E-state index contributed by atoms with van der Waals surface area (Å²) in [6.45, 7) is 2.32. The van der Waals surface area contributed by atoms with Crippen LogP contribution in [0.3, 0.4) is 0 Å². The fraction of sp³-hybridized carbons (Fsp3) is 0.154. The number of nitrogens with one attached hydrogen (secondary N) is 2. The minimum Gasteiger partial charge on any atom is -0.478 e. The Bertz CT molecular complexity index is 785. The molecular weight excluding hydrogens is 272 g/mol. The Kier molecular flexibility index (Phi) is 3.42. The van der Waals surface area contributed by atoms with Gasteiger partial charge in [0.2, 0.25) is 5.88 Å². The predicted octanol–water partition coefficient (Wildman–Crippen LogP) is 1.40. The molecule has 8 heteroatoms. The lowest BCUT2D eigenvalue weighted by Crippen LogP contribution is -2.14. The number of carbonyl (C=O) groups is 1. The van der Waals surface area contributed by atoms with Gasteiger partial charge in [0.05, 0.1) is 6.61 Å². The third-order valence-corrected chi connectivity index (χ3v) is 2.74. The molecule has 2 heterocycles. The Balaban J connectivity index is 1.80. The number of carbonyl (C=O) groups excluding carboxylic acids is 1. The van der Waals surface area contributed by atoms with Crippen molar-refractivity contribution in [1.82, 2.24) is 25.4 Å². The molecule has 0 saturated heterocycles. The van der Waals surface area contributed by atoms with E-state index in [1.807, 2.05) is 6.92 Å². The van der Waals surface area contributed by atoms with E-state index in [0.717, 1.165) is 5.52 Å². The van der Waals surface area contributed by atoms with Gasteiger partial charge in [-0.05, 0) is 25.1 Å². The lowest BCUT2D eigenvalue weighted by molar-refractivity contribution is 0.102. The van der Waals surface area contributed by atoms with Crippen molar-refractivity contribution in [3.8, 4) is 5.88 Å². The van der Waals surface area contributed by atoms with Gasteiger partial charge in [-0.25, -0.2) is 9.97 Å². The van der Waals surface area contributed by atoms with Gasteiger partial charge < -0.3 is 10.1 Å². The maximum atomic E-state index is 12.1. The molecule has 3 aromatic rings. The number of nitrogens with zero attached hydrogens (tertiary/aromatic N) is 4. The van der Waals surface area contributed by atoms with Crippen LogP contribution in [-0.2, 0) is 0 Å². The van der Waals surface area contributed by atoms with Gasteiger partial charge in [0.25, 0.3) is 5.91 Å². The van der Waals surface area contributed by atoms with E-state index in [1.165, 1.54) is 12.4 Å². The van der Waals surface area contributed by atoms with Gasteiger partial charge in [-0.2, -0.15) is 15.4 Å². The highest BCUT2D eigenvalue weighted by Gasteiger charge is 2.10. The topological polar surface area (TPSA) is 106 Å². The molecule has 0 aliphatic carbocycles. The molecule has 2 aromatic heterocycles. The summed E-state index contributed by atoms with van der Waals surface area (Å²) in [6, 6.07) is 6.72. The zero-order chi connectivity index (χ0) is 14.7. The van der Waals surface area contributed by atoms with Crippen molar-refractivity contribution >= 4 is 22.6 Å². The zero-order valence-corrected chi connectivity index (χ0v) is 11.2. The molecule has 3 rings (SSSR count). The molecule has 1 amide bonds. The SMILES string of the molecule is CCOc1cc(C(=O)Nc2ccc3n[nH]nc3c2)ncn1. The van der Waals surface area contributed by atoms with Crippen molar-refractivity contribution in [2.24, 2.45) is 0 Å². The first-order chi connectivity index (χ1) is 10.3. The van der Waals surface area contributed by atoms with Crippen molar-refractivity contribution in [2.75, 3.05) is 11.9 Å². The summed E-state index contributed by atoms with van der Waals surface area (Å²) in [5.74, 6) is 0.0193. The molecule has 21 heavy (non-hydrogen) atoms. The van der Waals surface area contributed by atoms with E-state index < -0.39 is 0 Å². The quantitative estimate of drug-likeness (QED) is 0.750. The molecule has 0 radical (unpaired) electrons. The Morgan fingerprint density at radius 2 is 2.10 bits per heavy atom. The van der Waals surface area contributed by atoms with Gasteiger partial charge in [0, 0.05) is 11.8 Å². The minimum atomic E-state index is -0.346. The maximum absolute atomic E-state index is 12.1. The number of amides is 1. The van der Waals surface area contributed by atoms with Crippen LogP contribution in [0.1, 0.15) is 17.4 Å². The van der Waals surface area contributed by atoms with Crippen LogP contribution in [-0.4, -0.2) is 37.9 Å². The minimum absolute atomic E-state index is 0.230. The highest BCUT2D eigenvalue weighted by atomic mass is 16.5. The average molecular weight is 284 g/mol. The first kappa shape index (κ1) is 13.0. The Morgan fingerprint density at radius 1 is 1.24 bits per heavy atom. The molecular formula is C13H12N6O2. The third kappa shape index (κ3) is 2.78. The fourth-order valence-corrected chi connectivity index (χ4v) is 1.80. The van der Waals surface area contributed by atoms with E-state index in [4.69, 9.17) is 4.74 Å². The van der Waals surface area contributed by atoms with Crippen molar-refractivity contribution in [3.05, 3.63) is 36.3 Å². The van der Waals surface area contributed by atoms with Crippen LogP contribution in [0, 0.1) is 0 Å². The van der Waals surface area contributed by atoms with Gasteiger partial charge >= 0.3 is 0 Å². The third-order valence-electron chi connectivity index (χ3n) is 2.74. The van der Waals surface area contributed by atoms with Crippen LogP contribution in [0.15, 0.2) is 30.6 Å². The summed E-state index contributed by atoms with van der Waals surface area (Å²) in [5, 5.41) is 13.2. The molecule has 1 aromatic carbocycles. The number of ether oxygens (including phenoxy) is 1. The summed E-state index contributed by atoms with van der Waals surface area (Å²) >= 11 is 0. The maximum Gasteiger partial charge on any atom is 0.274 e. The van der Waals surface area contributed by atoms with Crippen LogP contribution < -0.4 is 10.1 Å². The average Bonchev–Trinajstić information content (AvgIpc) is 2.95. The van der Waals surface area contributed by atoms with Gasteiger partial charge in [-0.1, -0.05) is 0 Å². The largest absolute Gasteiger partial charge is 0.478 e. The number of hydrogen-bond acceptors (Lipinski definition) is 6. The van der Waals surface area contributed by atoms with Crippen molar-refractivity contribution in [2.45, 2.75) is 6.92 Å². The Hall–Kier alpha value is -3.03. The normalized spacial score (nSPS) is 10.5. The summed E-state index contributed by atoms with van der Waals surface area (Å²) in [7, 11) is 0. The number of aromatic nitrogens is 5. The first-order valence-corrected chi connectivity index (χ1v) is 6.33. The predicted molar refractivity (Wildman–Crippen MR) is 75.0 cm³/mol. The molecule has 0 bridgehead atoms. The number of aromatic amines is 1. The second-order valence-electron chi connectivity index (χ2n) is 4.16. The molecule has 0 aliphatic heterocycles. The molecule has 0 saturated carbocycles. The van der Waals surface area contributed by atoms with Gasteiger partial charge in [0.15, 0.2) is 0 Å². The van der Waals surface area contributed by atoms with E-state index in [-0.39, 0.29) is 11.6 Å². The van der Waals surface area contributed by atoms with Crippen molar-refractivity contribution in [1.29, 1.82) is 0 Å². The van der Waals surface area contributed by atoms with Crippen LogP contribution in [0.25, 0.3) is 11.0 Å². The molecule has 0 fully saturated rings. The summed E-state index contributed by atoms with van der Waals surface area (Å²) < 4.78 is 5.24. The van der Waals surface area contributed by atoms with Crippen LogP contribution in [0.5, 0.6) is 5.88 Å². The number of hydrogen-bond donors (Lipinski definition) is 2. The van der Waals surface area contributed by atoms with Gasteiger partial charge in [-0.3, -0.25) is 4.79 Å². The second kappa shape index (κ2) is 5.53. The van der Waals surface area contributed by atoms with E-state index >= 15 is 0 Å². The monoisotopic (exact) mass is 284 g/mol. The molecule has 2 N–H and O–H groups in total. The van der Waals surface area contributed by atoms with E-state index in [9.17, 15) is 4.79 Å². The first-order valence-electron chi connectivity index (χ1n) is 6.33. The van der Waals surface area contributed by atoms with Crippen molar-refractivity contribution in [3.63, 3.8) is 0 Å². The van der Waals surface area contributed by atoms with E-state index in [2.05, 4.69) is 30.7 Å². The van der Waals surface area contributed by atoms with Crippen molar-refractivity contribution < 1.29 is 9.53 Å². The summed E-state index contributed by atoms with van der Waals surface area (Å²) in [5.41, 5.74) is 2.24. The summed E-state index contributed by atoms with van der Waals surface area (Å²) in [6.07, 6.45) is 1.29. The Morgan fingerprint density at radius 3 is 2.95 bits per heavy atom. The van der Waals surface area contributed by atoms with E-state index in [0.29, 0.717) is 23.7 Å². The van der Waals surface area contributed by atoms with Crippen LogP contribution >= 0.6 is 0 Å². The molecule has 0 aliphatic rings. The van der Waals surface area contributed by atoms with Gasteiger partial charge in [0.1, 0.15) is 23.1 Å². The summed E-state index contributed by atoms with van der Waals surface area (Å²) in [4.78, 5) is 20.0. The lowest BCUT2D eigenvalue weighted by atomic mass is 10.2. The smallest absolute Gasteiger partial charge is 0.274 e. The van der Waals surface area contributed by atoms with Crippen LogP contribution in [0.2, 0.25) is 0 Å². The second-order valence-corrected chi connectivity index (χ2v) is 4.16. The highest BCUT2D eigenvalue weighted by Crippen LogP contribution is 2.16. The van der Waals surface area contributed by atoms with Crippen LogP contribution in [0.4, 0.5) is 5.69 Å². The molecule has 8 nitrogen and oxygen atoms in total.